The van der Waals surface area contributed by atoms with E-state index in [1.165, 1.54) is 5.56 Å². The first kappa shape index (κ1) is 22.8. The van der Waals surface area contributed by atoms with Crippen LogP contribution in [0.2, 0.25) is 0 Å². The van der Waals surface area contributed by atoms with Crippen molar-refractivity contribution < 1.29 is 42.8 Å². The predicted molar refractivity (Wildman–Crippen MR) is 97.5 cm³/mol. The maximum Gasteiger partial charge on any atom is 0.136 e. The number of nitrogens with zero attached hydrogens (tertiary/aromatic N) is 1. The van der Waals surface area contributed by atoms with E-state index in [9.17, 15) is 0 Å². The van der Waals surface area contributed by atoms with Gasteiger partial charge in [0.1, 0.15) is 17.1 Å². The first-order chi connectivity index (χ1) is 13.7. The Morgan fingerprint density at radius 3 is 2.28 bits per heavy atom. The summed E-state index contributed by atoms with van der Waals surface area (Å²) in [5.41, 5.74) is 2.99. The number of methoxy groups -OCH3 is 2. The van der Waals surface area contributed by atoms with E-state index >= 15 is 0 Å². The molecule has 0 saturated heterocycles. The van der Waals surface area contributed by atoms with Crippen LogP contribution in [-0.2, 0) is 4.74 Å². The zero-order valence-corrected chi connectivity index (χ0v) is 17.0. The van der Waals surface area contributed by atoms with Gasteiger partial charge in [-0.05, 0) is 43.3 Å². The standard InChI is InChI=1S/C20H21NO3.ClHO4/c1-14-4-9-19-17(12-14)18(21-10-11-22-2)13-20(24-19)15-5-7-16(23-3)8-6-15;2-1(3,4)5/h4-9,12-13H,10-11H2,1-3H3;(H,2,3,4,5). The average Bonchev–Trinajstić information content (AvgIpc) is 2.67. The van der Waals surface area contributed by atoms with Gasteiger partial charge in [0, 0.05) is 24.1 Å². The lowest BCUT2D eigenvalue weighted by Gasteiger charge is -2.07. The van der Waals surface area contributed by atoms with Gasteiger partial charge in [-0.1, -0.05) is 11.6 Å². The molecule has 0 aliphatic rings. The van der Waals surface area contributed by atoms with Gasteiger partial charge in [0.2, 0.25) is 0 Å². The minimum Gasteiger partial charge on any atom is -0.497 e. The number of benzene rings is 2. The summed E-state index contributed by atoms with van der Waals surface area (Å²) in [6, 6.07) is 15.9. The molecule has 1 aromatic heterocycles. The van der Waals surface area contributed by atoms with Gasteiger partial charge in [-0.3, -0.25) is 4.99 Å². The van der Waals surface area contributed by atoms with Crippen molar-refractivity contribution in [2.75, 3.05) is 27.4 Å². The molecule has 0 fully saturated rings. The van der Waals surface area contributed by atoms with E-state index in [2.05, 4.69) is 18.0 Å². The zero-order chi connectivity index (χ0) is 21.4. The van der Waals surface area contributed by atoms with Gasteiger partial charge in [-0.25, -0.2) is 0 Å². The number of halogens is 1. The van der Waals surface area contributed by atoms with Crippen LogP contribution in [0.3, 0.4) is 0 Å². The largest absolute Gasteiger partial charge is 0.497 e. The normalized spacial score (nSPS) is 11.9. The second kappa shape index (κ2) is 10.4. The van der Waals surface area contributed by atoms with Crippen LogP contribution in [0.15, 0.2) is 57.9 Å². The van der Waals surface area contributed by atoms with Crippen LogP contribution in [0.4, 0.5) is 0 Å². The second-order valence-corrected chi connectivity index (χ2v) is 6.79. The molecule has 0 aliphatic carbocycles. The Labute approximate surface area is 170 Å². The van der Waals surface area contributed by atoms with Gasteiger partial charge in [-0.15, -0.1) is 0 Å². The first-order valence-corrected chi connectivity index (χ1v) is 9.79. The lowest BCUT2D eigenvalue weighted by molar-refractivity contribution is -1.92. The molecule has 2 aromatic carbocycles. The molecule has 0 radical (unpaired) electrons. The van der Waals surface area contributed by atoms with Crippen LogP contribution >= 0.6 is 0 Å². The van der Waals surface area contributed by atoms with E-state index in [1.54, 1.807) is 14.2 Å². The Morgan fingerprint density at radius 1 is 1.03 bits per heavy atom. The van der Waals surface area contributed by atoms with Gasteiger partial charge >= 0.3 is 0 Å². The summed E-state index contributed by atoms with van der Waals surface area (Å²) < 4.78 is 49.1. The van der Waals surface area contributed by atoms with Crippen LogP contribution in [-0.4, -0.2) is 32.0 Å². The number of hydrogen-bond donors (Lipinski definition) is 1. The number of hydrogen-bond acceptors (Lipinski definition) is 8. The molecule has 1 N–H and O–H groups in total. The fourth-order valence-electron chi connectivity index (χ4n) is 2.57. The van der Waals surface area contributed by atoms with E-state index in [0.717, 1.165) is 33.4 Å². The first-order valence-electron chi connectivity index (χ1n) is 8.53. The van der Waals surface area contributed by atoms with Gasteiger partial charge < -0.3 is 13.9 Å². The molecule has 9 heteroatoms. The summed E-state index contributed by atoms with van der Waals surface area (Å²) in [5, 5.41) is 1.94. The Morgan fingerprint density at radius 2 is 1.69 bits per heavy atom. The van der Waals surface area contributed by atoms with Gasteiger partial charge in [0.15, 0.2) is 0 Å². The van der Waals surface area contributed by atoms with Crippen molar-refractivity contribution in [2.45, 2.75) is 6.92 Å². The van der Waals surface area contributed by atoms with Gasteiger partial charge in [-0.2, -0.15) is 14.0 Å². The molecule has 8 nitrogen and oxygen atoms in total. The third kappa shape index (κ3) is 7.47. The molecule has 3 aromatic rings. The molecule has 1 heterocycles. The highest BCUT2D eigenvalue weighted by Gasteiger charge is 2.06. The molecule has 0 atom stereocenters. The summed E-state index contributed by atoms with van der Waals surface area (Å²) >= 11 is 0. The lowest BCUT2D eigenvalue weighted by atomic mass is 10.1. The van der Waals surface area contributed by atoms with Crippen LogP contribution in [0.25, 0.3) is 22.3 Å². The maximum atomic E-state index is 8.60. The Kier molecular flexibility index (Phi) is 8.15. The highest BCUT2D eigenvalue weighted by Crippen LogP contribution is 2.24. The Balaban J connectivity index is 0.000000537. The minimum absolute atomic E-state index is 0.594. The van der Waals surface area contributed by atoms with E-state index in [4.69, 9.17) is 32.5 Å². The zero-order valence-electron chi connectivity index (χ0n) is 16.3. The summed E-state index contributed by atoms with van der Waals surface area (Å²) in [7, 11) is -1.36. The molecular formula is C20H22ClNO7. The average molecular weight is 424 g/mol. The molecule has 3 rings (SSSR count). The number of fused-ring (bicyclic) bond motifs is 1. The van der Waals surface area contributed by atoms with Crippen LogP contribution in [0.1, 0.15) is 5.56 Å². The summed E-state index contributed by atoms with van der Waals surface area (Å²) in [6.45, 7) is 3.28. The van der Waals surface area contributed by atoms with Crippen molar-refractivity contribution in [1.29, 1.82) is 0 Å². The van der Waals surface area contributed by atoms with E-state index < -0.39 is 10.2 Å². The quantitative estimate of drug-likeness (QED) is 0.563. The van der Waals surface area contributed by atoms with Crippen LogP contribution in [0.5, 0.6) is 5.75 Å². The minimum atomic E-state index is -4.69. The second-order valence-electron chi connectivity index (χ2n) is 5.99. The monoisotopic (exact) mass is 423 g/mol. The molecule has 156 valence electrons. The molecule has 0 bridgehead atoms. The molecule has 0 aliphatic heterocycles. The molecule has 0 amide bonds. The summed E-state index contributed by atoms with van der Waals surface area (Å²) in [4.78, 5) is 4.68. The van der Waals surface area contributed by atoms with Crippen molar-refractivity contribution in [2.24, 2.45) is 4.99 Å². The molecule has 29 heavy (non-hydrogen) atoms. The van der Waals surface area contributed by atoms with E-state index in [1.807, 2.05) is 42.5 Å². The molecule has 0 spiro atoms. The van der Waals surface area contributed by atoms with Crippen molar-refractivity contribution in [1.82, 2.24) is 0 Å². The Bertz CT molecular complexity index is 988. The topological polar surface area (TPSA) is 133 Å². The molecule has 0 saturated carbocycles. The number of aryl methyl sites for hydroxylation is 1. The Hall–Kier alpha value is -2.46. The van der Waals surface area contributed by atoms with E-state index in [0.29, 0.717) is 13.2 Å². The fourth-order valence-corrected chi connectivity index (χ4v) is 2.57. The predicted octanol–water partition coefficient (Wildman–Crippen LogP) is -0.160. The SMILES string of the molecule is COCCN=c1cc(-c2ccc(OC)cc2)oc2ccc(C)cc12.[O-][Cl+3]([O-])([O-])O. The highest BCUT2D eigenvalue weighted by molar-refractivity contribution is 5.79. The lowest BCUT2D eigenvalue weighted by Crippen LogP contribution is -2.58. The smallest absolute Gasteiger partial charge is 0.136 e. The summed E-state index contributed by atoms with van der Waals surface area (Å²) in [5.74, 6) is 1.60. The van der Waals surface area contributed by atoms with Crippen LogP contribution in [0, 0.1) is 17.2 Å². The van der Waals surface area contributed by atoms with Gasteiger partial charge in [0.05, 0.1) is 40.5 Å². The van der Waals surface area contributed by atoms with Crippen molar-refractivity contribution in [3.63, 3.8) is 0 Å². The number of rotatable bonds is 5. The number of ether oxygens (including phenoxy) is 2. The van der Waals surface area contributed by atoms with Crippen molar-refractivity contribution >= 4 is 11.0 Å². The van der Waals surface area contributed by atoms with Crippen LogP contribution < -0.4 is 24.1 Å². The van der Waals surface area contributed by atoms with Crippen molar-refractivity contribution in [3.8, 4) is 17.1 Å². The third-order valence-electron chi connectivity index (χ3n) is 3.85. The fraction of sp³-hybridized carbons (Fsp3) is 0.250. The third-order valence-corrected chi connectivity index (χ3v) is 3.85. The van der Waals surface area contributed by atoms with Gasteiger partial charge in [0.25, 0.3) is 0 Å². The highest BCUT2D eigenvalue weighted by atomic mass is 35.7. The molecular weight excluding hydrogens is 402 g/mol. The molecule has 0 unspecified atom stereocenters. The summed E-state index contributed by atoms with van der Waals surface area (Å²) in [6.07, 6.45) is 0. The van der Waals surface area contributed by atoms with Crippen molar-refractivity contribution in [3.05, 3.63) is 59.5 Å². The van der Waals surface area contributed by atoms with E-state index in [-0.39, 0.29) is 0 Å². The maximum absolute atomic E-state index is 8.60.